The van der Waals surface area contributed by atoms with E-state index < -0.39 is 0 Å². The first-order chi connectivity index (χ1) is 10.3. The van der Waals surface area contributed by atoms with Crippen LogP contribution < -0.4 is 10.1 Å². The van der Waals surface area contributed by atoms with Gasteiger partial charge in [0.05, 0.1) is 19.6 Å². The van der Waals surface area contributed by atoms with Crippen LogP contribution in [-0.4, -0.2) is 25.7 Å². The van der Waals surface area contributed by atoms with Crippen LogP contribution in [0.2, 0.25) is 0 Å². The molecule has 0 heterocycles. The molecule has 0 saturated heterocycles. The zero-order valence-electron chi connectivity index (χ0n) is 13.2. The molecule has 0 amide bonds. The van der Waals surface area contributed by atoms with Crippen LogP contribution in [0.1, 0.15) is 46.0 Å². The van der Waals surface area contributed by atoms with Crippen LogP contribution in [0.4, 0.5) is 5.69 Å². The first-order valence-corrected chi connectivity index (χ1v) is 7.88. The largest absolute Gasteiger partial charge is 0.494 e. The lowest BCUT2D eigenvalue weighted by Gasteiger charge is -2.09. The number of ether oxygens (including phenoxy) is 2. The van der Waals surface area contributed by atoms with Gasteiger partial charge in [0.1, 0.15) is 5.75 Å². The number of unbranched alkanes of at least 4 members (excludes halogenated alkanes) is 3. The second kappa shape index (κ2) is 11.0. The Morgan fingerprint density at radius 1 is 1.10 bits per heavy atom. The number of carbonyl (C=O) groups is 1. The Kier molecular flexibility index (Phi) is 9.09. The van der Waals surface area contributed by atoms with Crippen LogP contribution >= 0.6 is 0 Å². The van der Waals surface area contributed by atoms with Crippen LogP contribution in [0, 0.1) is 0 Å². The van der Waals surface area contributed by atoms with Crippen LogP contribution in [0.3, 0.4) is 0 Å². The quantitative estimate of drug-likeness (QED) is 0.494. The summed E-state index contributed by atoms with van der Waals surface area (Å²) in [4.78, 5) is 11.2. The summed E-state index contributed by atoms with van der Waals surface area (Å²) in [5.41, 5.74) is 0.984. The number of carbonyl (C=O) groups excluding carboxylic acids is 1. The number of anilines is 1. The van der Waals surface area contributed by atoms with Gasteiger partial charge in [-0.15, -0.1) is 0 Å². The van der Waals surface area contributed by atoms with E-state index in [-0.39, 0.29) is 5.97 Å². The Hall–Kier alpha value is -1.71. The summed E-state index contributed by atoms with van der Waals surface area (Å²) in [6, 6.07) is 7.83. The first kappa shape index (κ1) is 17.3. The van der Waals surface area contributed by atoms with Gasteiger partial charge in [0.2, 0.25) is 0 Å². The molecule has 0 fully saturated rings. The zero-order chi connectivity index (χ0) is 15.3. The van der Waals surface area contributed by atoms with E-state index in [9.17, 15) is 4.79 Å². The minimum atomic E-state index is -0.169. The Morgan fingerprint density at radius 3 is 2.52 bits per heavy atom. The van der Waals surface area contributed by atoms with Crippen molar-refractivity contribution in [3.63, 3.8) is 0 Å². The van der Waals surface area contributed by atoms with E-state index in [1.165, 1.54) is 19.3 Å². The van der Waals surface area contributed by atoms with Crippen molar-refractivity contribution in [1.29, 1.82) is 0 Å². The lowest BCUT2D eigenvalue weighted by molar-refractivity contribution is -0.142. The summed E-state index contributed by atoms with van der Waals surface area (Å²) in [6.45, 7) is 5.80. The standard InChI is InChI=1S/C17H27NO3/c1-3-5-6-7-14-21-16-10-8-15(9-11-16)18-13-12-17(19)20-4-2/h8-11,18H,3-7,12-14H2,1-2H3. The summed E-state index contributed by atoms with van der Waals surface area (Å²) in [5.74, 6) is 0.722. The summed E-state index contributed by atoms with van der Waals surface area (Å²) >= 11 is 0. The van der Waals surface area contributed by atoms with Gasteiger partial charge >= 0.3 is 5.97 Å². The van der Waals surface area contributed by atoms with Crippen molar-refractivity contribution in [3.8, 4) is 5.75 Å². The Morgan fingerprint density at radius 2 is 1.86 bits per heavy atom. The maximum atomic E-state index is 11.2. The van der Waals surface area contributed by atoms with E-state index in [4.69, 9.17) is 9.47 Å². The predicted molar refractivity (Wildman–Crippen MR) is 85.8 cm³/mol. The smallest absolute Gasteiger partial charge is 0.307 e. The highest BCUT2D eigenvalue weighted by atomic mass is 16.5. The highest BCUT2D eigenvalue weighted by Crippen LogP contribution is 2.16. The summed E-state index contributed by atoms with van der Waals surface area (Å²) in [6.07, 6.45) is 5.22. The molecule has 0 aliphatic heterocycles. The molecule has 1 rings (SSSR count). The molecule has 21 heavy (non-hydrogen) atoms. The maximum Gasteiger partial charge on any atom is 0.307 e. The van der Waals surface area contributed by atoms with Crippen molar-refractivity contribution in [3.05, 3.63) is 24.3 Å². The van der Waals surface area contributed by atoms with Gasteiger partial charge in [-0.25, -0.2) is 0 Å². The van der Waals surface area contributed by atoms with Crippen molar-refractivity contribution in [2.45, 2.75) is 46.0 Å². The Bertz CT molecular complexity index is 390. The third kappa shape index (κ3) is 8.23. The van der Waals surface area contributed by atoms with E-state index in [2.05, 4.69) is 12.2 Å². The number of esters is 1. The highest BCUT2D eigenvalue weighted by Gasteiger charge is 2.01. The Labute approximate surface area is 127 Å². The second-order valence-corrected chi connectivity index (χ2v) is 4.92. The fourth-order valence-electron chi connectivity index (χ4n) is 1.93. The summed E-state index contributed by atoms with van der Waals surface area (Å²) in [7, 11) is 0. The molecule has 1 aromatic rings. The van der Waals surface area contributed by atoms with Crippen molar-refractivity contribution >= 4 is 11.7 Å². The van der Waals surface area contributed by atoms with Crippen LogP contribution in [0.15, 0.2) is 24.3 Å². The molecule has 0 aliphatic carbocycles. The van der Waals surface area contributed by atoms with Crippen molar-refractivity contribution in [1.82, 2.24) is 0 Å². The fraction of sp³-hybridized carbons (Fsp3) is 0.588. The lowest BCUT2D eigenvalue weighted by atomic mass is 10.2. The lowest BCUT2D eigenvalue weighted by Crippen LogP contribution is -2.11. The fourth-order valence-corrected chi connectivity index (χ4v) is 1.93. The molecule has 0 radical (unpaired) electrons. The van der Waals surface area contributed by atoms with Gasteiger partial charge < -0.3 is 14.8 Å². The molecule has 0 spiro atoms. The van der Waals surface area contributed by atoms with E-state index in [1.807, 2.05) is 31.2 Å². The molecule has 0 bridgehead atoms. The van der Waals surface area contributed by atoms with E-state index >= 15 is 0 Å². The molecule has 4 heteroatoms. The molecule has 0 saturated carbocycles. The number of hydrogen-bond donors (Lipinski definition) is 1. The molecule has 0 atom stereocenters. The van der Waals surface area contributed by atoms with Gasteiger partial charge in [0.25, 0.3) is 0 Å². The average Bonchev–Trinajstić information content (AvgIpc) is 2.49. The number of hydrogen-bond acceptors (Lipinski definition) is 4. The van der Waals surface area contributed by atoms with Gasteiger partial charge in [0, 0.05) is 12.2 Å². The third-order valence-electron chi connectivity index (χ3n) is 3.08. The van der Waals surface area contributed by atoms with Crippen LogP contribution in [0.5, 0.6) is 5.75 Å². The van der Waals surface area contributed by atoms with Crippen LogP contribution in [0.25, 0.3) is 0 Å². The SMILES string of the molecule is CCCCCCOc1ccc(NCCC(=O)OCC)cc1. The average molecular weight is 293 g/mol. The minimum absolute atomic E-state index is 0.169. The van der Waals surface area contributed by atoms with Gasteiger partial charge in [0.15, 0.2) is 0 Å². The van der Waals surface area contributed by atoms with Crippen LogP contribution in [-0.2, 0) is 9.53 Å². The van der Waals surface area contributed by atoms with Gasteiger partial charge in [-0.3, -0.25) is 4.79 Å². The molecule has 118 valence electrons. The van der Waals surface area contributed by atoms with Crippen molar-refractivity contribution < 1.29 is 14.3 Å². The topological polar surface area (TPSA) is 47.6 Å². The normalized spacial score (nSPS) is 10.2. The summed E-state index contributed by atoms with van der Waals surface area (Å²) in [5, 5.41) is 3.19. The monoisotopic (exact) mass is 293 g/mol. The zero-order valence-corrected chi connectivity index (χ0v) is 13.2. The number of rotatable bonds is 11. The maximum absolute atomic E-state index is 11.2. The molecular weight excluding hydrogens is 266 g/mol. The minimum Gasteiger partial charge on any atom is -0.494 e. The van der Waals surface area contributed by atoms with Crippen molar-refractivity contribution in [2.24, 2.45) is 0 Å². The molecule has 1 N–H and O–H groups in total. The highest BCUT2D eigenvalue weighted by molar-refractivity contribution is 5.70. The number of nitrogens with one attached hydrogen (secondary N) is 1. The molecule has 0 unspecified atom stereocenters. The molecule has 4 nitrogen and oxygen atoms in total. The molecule has 0 aliphatic rings. The number of benzene rings is 1. The molecule has 0 aromatic heterocycles. The molecule has 1 aromatic carbocycles. The van der Waals surface area contributed by atoms with Gasteiger partial charge in [-0.2, -0.15) is 0 Å². The van der Waals surface area contributed by atoms with E-state index in [0.717, 1.165) is 24.5 Å². The third-order valence-corrected chi connectivity index (χ3v) is 3.08. The predicted octanol–water partition coefficient (Wildman–Crippen LogP) is 4.01. The van der Waals surface area contributed by atoms with Gasteiger partial charge in [-0.1, -0.05) is 26.2 Å². The Balaban J connectivity index is 2.19. The molecular formula is C17H27NO3. The first-order valence-electron chi connectivity index (χ1n) is 7.88. The van der Waals surface area contributed by atoms with Crippen molar-refractivity contribution in [2.75, 3.05) is 25.1 Å². The van der Waals surface area contributed by atoms with Gasteiger partial charge in [-0.05, 0) is 37.6 Å². The summed E-state index contributed by atoms with van der Waals surface area (Å²) < 4.78 is 10.6. The second-order valence-electron chi connectivity index (χ2n) is 4.92. The van der Waals surface area contributed by atoms with E-state index in [1.54, 1.807) is 0 Å². The van der Waals surface area contributed by atoms with E-state index in [0.29, 0.717) is 19.6 Å².